The molecule has 1 aliphatic heterocycles. The van der Waals surface area contributed by atoms with Crippen LogP contribution in [-0.4, -0.2) is 22.6 Å². The van der Waals surface area contributed by atoms with Gasteiger partial charge in [-0.1, -0.05) is 13.0 Å². The van der Waals surface area contributed by atoms with Crippen molar-refractivity contribution < 1.29 is 0 Å². The van der Waals surface area contributed by atoms with E-state index in [0.717, 1.165) is 13.1 Å². The highest BCUT2D eigenvalue weighted by Crippen LogP contribution is 2.42. The Hall–Kier alpha value is -1.35. The molecule has 1 atom stereocenters. The van der Waals surface area contributed by atoms with Gasteiger partial charge in [0.15, 0.2) is 0 Å². The number of hydrogen-bond donors (Lipinski definition) is 1. The van der Waals surface area contributed by atoms with E-state index in [1.54, 1.807) is 0 Å². The van der Waals surface area contributed by atoms with E-state index in [-0.39, 0.29) is 5.41 Å². The Balaban J connectivity index is 1.91. The smallest absolute Gasteiger partial charge is 0.117 e. The van der Waals surface area contributed by atoms with Crippen LogP contribution in [0, 0.1) is 6.92 Å². The maximum atomic E-state index is 5.05. The summed E-state index contributed by atoms with van der Waals surface area (Å²) in [6.45, 7) is 6.74. The molecule has 0 amide bonds. The van der Waals surface area contributed by atoms with Crippen molar-refractivity contribution in [3.63, 3.8) is 0 Å². The topological polar surface area (TPSA) is 29.9 Å². The second-order valence-electron chi connectivity index (χ2n) is 6.87. The van der Waals surface area contributed by atoms with Crippen LogP contribution >= 0.6 is 0 Å². The zero-order chi connectivity index (χ0) is 13.7. The summed E-state index contributed by atoms with van der Waals surface area (Å²) < 4.78 is 2.54. The summed E-state index contributed by atoms with van der Waals surface area (Å²) in [6.07, 6.45) is 5.13. The number of hydrogen-bond acceptors (Lipinski definition) is 2. The molecule has 1 N–H and O–H groups in total. The lowest BCUT2D eigenvalue weighted by atomic mass is 9.82. The average Bonchev–Trinajstić information content (AvgIpc) is 3.20. The zero-order valence-corrected chi connectivity index (χ0v) is 12.4. The van der Waals surface area contributed by atoms with E-state index in [0.29, 0.717) is 6.04 Å². The number of aromatic nitrogens is 2. The van der Waals surface area contributed by atoms with Gasteiger partial charge in [0.05, 0.1) is 11.0 Å². The fraction of sp³-hybridized carbons (Fsp3) is 0.588. The Kier molecular flexibility index (Phi) is 2.68. The number of aryl methyl sites for hydroxylation is 1. The standard InChI is InChI=1S/C17H23N3/c1-12-4-7-15-14(10-12)19-16(20(15)13-5-6-13)17(2)8-3-9-18-11-17/h4,7,10,13,18H,3,5-6,8-9,11H2,1-2H3. The molecular formula is C17H23N3. The van der Waals surface area contributed by atoms with Crippen molar-refractivity contribution >= 4 is 11.0 Å². The average molecular weight is 269 g/mol. The van der Waals surface area contributed by atoms with Crippen LogP contribution < -0.4 is 5.32 Å². The molecule has 20 heavy (non-hydrogen) atoms. The Morgan fingerprint density at radius 2 is 2.20 bits per heavy atom. The molecule has 1 saturated heterocycles. The van der Waals surface area contributed by atoms with E-state index in [2.05, 4.69) is 41.9 Å². The second kappa shape index (κ2) is 4.32. The van der Waals surface area contributed by atoms with E-state index in [1.807, 2.05) is 0 Å². The third kappa shape index (κ3) is 1.87. The first kappa shape index (κ1) is 12.4. The molecular weight excluding hydrogens is 246 g/mol. The number of nitrogens with zero attached hydrogens (tertiary/aromatic N) is 2. The van der Waals surface area contributed by atoms with Gasteiger partial charge >= 0.3 is 0 Å². The molecule has 1 saturated carbocycles. The highest BCUT2D eigenvalue weighted by Gasteiger charge is 2.38. The lowest BCUT2D eigenvalue weighted by Gasteiger charge is -2.34. The van der Waals surface area contributed by atoms with Crippen molar-refractivity contribution in [2.45, 2.75) is 51.0 Å². The quantitative estimate of drug-likeness (QED) is 0.906. The third-order valence-electron chi connectivity index (χ3n) is 4.89. The molecule has 3 nitrogen and oxygen atoms in total. The first-order valence-corrected chi connectivity index (χ1v) is 7.87. The number of nitrogens with one attached hydrogen (secondary N) is 1. The summed E-state index contributed by atoms with van der Waals surface area (Å²) in [5, 5.41) is 3.56. The molecule has 2 aliphatic rings. The maximum Gasteiger partial charge on any atom is 0.117 e. The van der Waals surface area contributed by atoms with Gasteiger partial charge in [0, 0.05) is 18.0 Å². The summed E-state index contributed by atoms with van der Waals surface area (Å²) in [4.78, 5) is 5.05. The maximum absolute atomic E-state index is 5.05. The molecule has 0 spiro atoms. The van der Waals surface area contributed by atoms with E-state index in [4.69, 9.17) is 4.98 Å². The first-order valence-electron chi connectivity index (χ1n) is 7.87. The molecule has 3 heteroatoms. The third-order valence-corrected chi connectivity index (χ3v) is 4.89. The molecule has 0 radical (unpaired) electrons. The van der Waals surface area contributed by atoms with Gasteiger partial charge in [-0.2, -0.15) is 0 Å². The Morgan fingerprint density at radius 3 is 2.90 bits per heavy atom. The zero-order valence-electron chi connectivity index (χ0n) is 12.4. The number of imidazole rings is 1. The van der Waals surface area contributed by atoms with Crippen molar-refractivity contribution in [1.29, 1.82) is 0 Å². The summed E-state index contributed by atoms with van der Waals surface area (Å²) in [7, 11) is 0. The van der Waals surface area contributed by atoms with Crippen molar-refractivity contribution in [2.24, 2.45) is 0 Å². The van der Waals surface area contributed by atoms with Crippen LogP contribution in [0.25, 0.3) is 11.0 Å². The lowest BCUT2D eigenvalue weighted by molar-refractivity contribution is 0.314. The monoisotopic (exact) mass is 269 g/mol. The first-order chi connectivity index (χ1) is 9.67. The number of fused-ring (bicyclic) bond motifs is 1. The fourth-order valence-electron chi connectivity index (χ4n) is 3.58. The van der Waals surface area contributed by atoms with Gasteiger partial charge in [-0.15, -0.1) is 0 Å². The van der Waals surface area contributed by atoms with Gasteiger partial charge in [0.25, 0.3) is 0 Å². The van der Waals surface area contributed by atoms with Crippen molar-refractivity contribution in [1.82, 2.24) is 14.9 Å². The van der Waals surface area contributed by atoms with E-state index >= 15 is 0 Å². The van der Waals surface area contributed by atoms with Crippen molar-refractivity contribution in [3.05, 3.63) is 29.6 Å². The molecule has 0 bridgehead atoms. The predicted octanol–water partition coefficient (Wildman–Crippen LogP) is 3.32. The van der Waals surface area contributed by atoms with Gasteiger partial charge in [0.1, 0.15) is 5.82 Å². The van der Waals surface area contributed by atoms with Crippen LogP contribution in [0.3, 0.4) is 0 Å². The van der Waals surface area contributed by atoms with Crippen LogP contribution in [-0.2, 0) is 5.41 Å². The van der Waals surface area contributed by atoms with Crippen LogP contribution in [0.4, 0.5) is 0 Å². The summed E-state index contributed by atoms with van der Waals surface area (Å²) in [6, 6.07) is 7.40. The molecule has 2 aromatic rings. The summed E-state index contributed by atoms with van der Waals surface area (Å²) in [5.41, 5.74) is 4.00. The van der Waals surface area contributed by atoms with Gasteiger partial charge in [-0.25, -0.2) is 4.98 Å². The minimum Gasteiger partial charge on any atom is -0.324 e. The molecule has 1 aromatic carbocycles. The lowest BCUT2D eigenvalue weighted by Crippen LogP contribution is -2.42. The van der Waals surface area contributed by atoms with E-state index in [1.165, 1.54) is 48.1 Å². The van der Waals surface area contributed by atoms with Crippen molar-refractivity contribution in [3.8, 4) is 0 Å². The van der Waals surface area contributed by atoms with E-state index < -0.39 is 0 Å². The predicted molar refractivity (Wildman–Crippen MR) is 82.2 cm³/mol. The number of benzene rings is 1. The Morgan fingerprint density at radius 1 is 1.35 bits per heavy atom. The Bertz CT molecular complexity index is 646. The van der Waals surface area contributed by atoms with Crippen LogP contribution in [0.2, 0.25) is 0 Å². The van der Waals surface area contributed by atoms with Crippen LogP contribution in [0.5, 0.6) is 0 Å². The largest absolute Gasteiger partial charge is 0.324 e. The minimum atomic E-state index is 0.188. The second-order valence-corrected chi connectivity index (χ2v) is 6.87. The van der Waals surface area contributed by atoms with Gasteiger partial charge in [0.2, 0.25) is 0 Å². The molecule has 2 fully saturated rings. The van der Waals surface area contributed by atoms with Gasteiger partial charge in [-0.05, 0) is 56.8 Å². The fourth-order valence-corrected chi connectivity index (χ4v) is 3.58. The SMILES string of the molecule is Cc1ccc2c(c1)nc(C1(C)CCCNC1)n2C1CC1. The normalized spacial score (nSPS) is 27.1. The molecule has 106 valence electrons. The summed E-state index contributed by atoms with van der Waals surface area (Å²) in [5.74, 6) is 1.31. The number of rotatable bonds is 2. The molecule has 2 heterocycles. The van der Waals surface area contributed by atoms with Crippen LogP contribution in [0.15, 0.2) is 18.2 Å². The van der Waals surface area contributed by atoms with Crippen LogP contribution in [0.1, 0.15) is 50.0 Å². The molecule has 1 unspecified atom stereocenters. The van der Waals surface area contributed by atoms with Gasteiger partial charge < -0.3 is 9.88 Å². The highest BCUT2D eigenvalue weighted by molar-refractivity contribution is 5.77. The number of piperidine rings is 1. The highest BCUT2D eigenvalue weighted by atomic mass is 15.1. The molecule has 1 aromatic heterocycles. The van der Waals surface area contributed by atoms with Gasteiger partial charge in [-0.3, -0.25) is 0 Å². The van der Waals surface area contributed by atoms with Crippen molar-refractivity contribution in [2.75, 3.05) is 13.1 Å². The molecule has 1 aliphatic carbocycles. The minimum absolute atomic E-state index is 0.188. The Labute approximate surface area is 120 Å². The molecule has 4 rings (SSSR count). The van der Waals surface area contributed by atoms with E-state index in [9.17, 15) is 0 Å². The summed E-state index contributed by atoms with van der Waals surface area (Å²) >= 11 is 0.